The van der Waals surface area contributed by atoms with Crippen molar-refractivity contribution in [3.05, 3.63) is 46.5 Å². The van der Waals surface area contributed by atoms with E-state index in [-0.39, 0.29) is 0 Å². The molecule has 7 heteroatoms. The fraction of sp³-hybridized carbons (Fsp3) is 0.300. The van der Waals surface area contributed by atoms with E-state index in [1.807, 2.05) is 12.1 Å². The minimum absolute atomic E-state index is 0.794. The van der Waals surface area contributed by atoms with Crippen molar-refractivity contribution < 1.29 is 0 Å². The first kappa shape index (κ1) is 17.2. The number of aryl methyl sites for hydroxylation is 2. The second-order valence-corrected chi connectivity index (χ2v) is 9.32. The molecule has 27 heavy (non-hydrogen) atoms. The second-order valence-electron chi connectivity index (χ2n) is 6.93. The van der Waals surface area contributed by atoms with Gasteiger partial charge in [0, 0.05) is 26.2 Å². The van der Waals surface area contributed by atoms with Gasteiger partial charge in [-0.15, -0.1) is 0 Å². The van der Waals surface area contributed by atoms with E-state index in [1.165, 1.54) is 15.8 Å². The molecule has 0 radical (unpaired) electrons. The summed E-state index contributed by atoms with van der Waals surface area (Å²) in [5.74, 6) is 0. The van der Waals surface area contributed by atoms with E-state index in [2.05, 4.69) is 41.8 Å². The monoisotopic (exact) mass is 414 g/mol. The number of hydrogen-bond acceptors (Lipinski definition) is 6. The second kappa shape index (κ2) is 6.62. The number of piperazine rings is 1. The molecule has 5 rings (SSSR count). The van der Waals surface area contributed by atoms with Crippen LogP contribution in [0.2, 0.25) is 5.02 Å². The minimum Gasteiger partial charge on any atom is -0.345 e. The first-order valence-corrected chi connectivity index (χ1v) is 11.0. The highest BCUT2D eigenvalue weighted by Gasteiger charge is 2.23. The van der Waals surface area contributed by atoms with Crippen LogP contribution in [0.25, 0.3) is 20.4 Å². The number of benzene rings is 2. The van der Waals surface area contributed by atoms with E-state index in [0.717, 1.165) is 57.2 Å². The number of nitrogens with zero attached hydrogens (tertiary/aromatic N) is 4. The van der Waals surface area contributed by atoms with Gasteiger partial charge >= 0.3 is 0 Å². The van der Waals surface area contributed by atoms with Crippen molar-refractivity contribution in [2.75, 3.05) is 36.0 Å². The molecule has 4 nitrogen and oxygen atoms in total. The fourth-order valence-corrected chi connectivity index (χ4v) is 5.99. The zero-order valence-electron chi connectivity index (χ0n) is 15.2. The van der Waals surface area contributed by atoms with Gasteiger partial charge < -0.3 is 9.80 Å². The third-order valence-electron chi connectivity index (χ3n) is 5.12. The van der Waals surface area contributed by atoms with Gasteiger partial charge in [0.1, 0.15) is 0 Å². The molecule has 1 aliphatic heterocycles. The average Bonchev–Trinajstić information content (AvgIpc) is 3.31. The van der Waals surface area contributed by atoms with Gasteiger partial charge in [-0.2, -0.15) is 0 Å². The Hall–Kier alpha value is -1.89. The zero-order chi connectivity index (χ0) is 18.5. The maximum atomic E-state index is 6.37. The maximum absolute atomic E-state index is 6.37. The van der Waals surface area contributed by atoms with E-state index in [9.17, 15) is 0 Å². The SMILES string of the molecule is Cc1cccc2sc(N3CCN(c4nc5c(C)ccc(Cl)c5s4)CC3)nc12. The number of hydrogen-bond donors (Lipinski definition) is 0. The van der Waals surface area contributed by atoms with Crippen LogP contribution in [0.5, 0.6) is 0 Å². The molecule has 0 amide bonds. The Labute approximate surface area is 171 Å². The quantitative estimate of drug-likeness (QED) is 0.433. The van der Waals surface area contributed by atoms with Gasteiger partial charge in [-0.05, 0) is 37.1 Å². The van der Waals surface area contributed by atoms with Crippen LogP contribution in [0.15, 0.2) is 30.3 Å². The first-order valence-electron chi connectivity index (χ1n) is 9.02. The van der Waals surface area contributed by atoms with Crippen LogP contribution in [0.3, 0.4) is 0 Å². The molecule has 0 unspecified atom stereocenters. The third-order valence-corrected chi connectivity index (χ3v) is 7.77. The molecule has 138 valence electrons. The van der Waals surface area contributed by atoms with Crippen molar-refractivity contribution in [2.24, 2.45) is 0 Å². The van der Waals surface area contributed by atoms with Gasteiger partial charge in [-0.1, -0.05) is 52.5 Å². The largest absolute Gasteiger partial charge is 0.345 e. The smallest absolute Gasteiger partial charge is 0.186 e. The Morgan fingerprint density at radius 2 is 1.44 bits per heavy atom. The van der Waals surface area contributed by atoms with Gasteiger partial charge in [-0.3, -0.25) is 0 Å². The van der Waals surface area contributed by atoms with Crippen LogP contribution in [-0.2, 0) is 0 Å². The van der Waals surface area contributed by atoms with E-state index in [4.69, 9.17) is 21.6 Å². The lowest BCUT2D eigenvalue weighted by Crippen LogP contribution is -2.46. The highest BCUT2D eigenvalue weighted by Crippen LogP contribution is 2.36. The molecule has 0 saturated carbocycles. The number of thiazole rings is 2. The molecular formula is C20H19ClN4S2. The third kappa shape index (κ3) is 2.96. The molecule has 2 aromatic carbocycles. The lowest BCUT2D eigenvalue weighted by molar-refractivity contribution is 0.651. The van der Waals surface area contributed by atoms with Gasteiger partial charge in [0.2, 0.25) is 0 Å². The van der Waals surface area contributed by atoms with Crippen molar-refractivity contribution in [2.45, 2.75) is 13.8 Å². The maximum Gasteiger partial charge on any atom is 0.186 e. The molecule has 2 aromatic heterocycles. The molecule has 4 aromatic rings. The molecule has 0 bridgehead atoms. The summed E-state index contributed by atoms with van der Waals surface area (Å²) in [5, 5.41) is 2.99. The Morgan fingerprint density at radius 1 is 0.815 bits per heavy atom. The Balaban J connectivity index is 1.37. The van der Waals surface area contributed by atoms with Crippen LogP contribution in [0.4, 0.5) is 10.3 Å². The highest BCUT2D eigenvalue weighted by molar-refractivity contribution is 7.23. The molecule has 1 fully saturated rings. The molecule has 3 heterocycles. The van der Waals surface area contributed by atoms with E-state index in [1.54, 1.807) is 22.7 Å². The van der Waals surface area contributed by atoms with Crippen molar-refractivity contribution in [3.63, 3.8) is 0 Å². The van der Waals surface area contributed by atoms with E-state index < -0.39 is 0 Å². The average molecular weight is 415 g/mol. The highest BCUT2D eigenvalue weighted by atomic mass is 35.5. The van der Waals surface area contributed by atoms with Crippen molar-refractivity contribution >= 4 is 65.0 Å². The predicted octanol–water partition coefficient (Wildman–Crippen LogP) is 5.50. The number of fused-ring (bicyclic) bond motifs is 2. The van der Waals surface area contributed by atoms with Crippen molar-refractivity contribution in [3.8, 4) is 0 Å². The number of aromatic nitrogens is 2. The van der Waals surface area contributed by atoms with Crippen LogP contribution in [-0.4, -0.2) is 36.1 Å². The number of rotatable bonds is 2. The van der Waals surface area contributed by atoms with Crippen LogP contribution in [0.1, 0.15) is 11.1 Å². The number of halogens is 1. The Bertz CT molecular complexity index is 1100. The number of anilines is 2. The van der Waals surface area contributed by atoms with E-state index >= 15 is 0 Å². The van der Waals surface area contributed by atoms with Gasteiger partial charge in [0.05, 0.1) is 25.5 Å². The standard InChI is InChI=1S/C20H19ClN4S2/c1-12-4-3-5-15-16(12)22-19(26-15)24-8-10-25(11-9-24)20-23-17-13(2)6-7-14(21)18(17)27-20/h3-7H,8-11H2,1-2H3. The van der Waals surface area contributed by atoms with Crippen LogP contribution < -0.4 is 9.80 Å². The van der Waals surface area contributed by atoms with Gasteiger partial charge in [0.15, 0.2) is 10.3 Å². The molecule has 0 aliphatic carbocycles. The normalized spacial score (nSPS) is 15.2. The summed E-state index contributed by atoms with van der Waals surface area (Å²) in [6, 6.07) is 10.4. The summed E-state index contributed by atoms with van der Waals surface area (Å²) >= 11 is 9.86. The molecule has 0 spiro atoms. The summed E-state index contributed by atoms with van der Waals surface area (Å²) in [6.07, 6.45) is 0. The summed E-state index contributed by atoms with van der Waals surface area (Å²) in [4.78, 5) is 14.5. The van der Waals surface area contributed by atoms with Gasteiger partial charge in [0.25, 0.3) is 0 Å². The molecular weight excluding hydrogens is 396 g/mol. The summed E-state index contributed by atoms with van der Waals surface area (Å²) in [5.41, 5.74) is 4.60. The lowest BCUT2D eigenvalue weighted by atomic mass is 10.2. The molecule has 1 saturated heterocycles. The lowest BCUT2D eigenvalue weighted by Gasteiger charge is -2.34. The molecule has 0 atom stereocenters. The van der Waals surface area contributed by atoms with Crippen LogP contribution in [0, 0.1) is 13.8 Å². The van der Waals surface area contributed by atoms with E-state index in [0.29, 0.717) is 0 Å². The van der Waals surface area contributed by atoms with Crippen LogP contribution >= 0.6 is 34.3 Å². The minimum atomic E-state index is 0.794. The van der Waals surface area contributed by atoms with Crippen molar-refractivity contribution in [1.29, 1.82) is 0 Å². The molecule has 0 N–H and O–H groups in total. The molecule has 1 aliphatic rings. The zero-order valence-corrected chi connectivity index (χ0v) is 17.6. The Kier molecular flexibility index (Phi) is 4.22. The van der Waals surface area contributed by atoms with Gasteiger partial charge in [-0.25, -0.2) is 9.97 Å². The summed E-state index contributed by atoms with van der Waals surface area (Å²) in [7, 11) is 0. The number of para-hydroxylation sites is 1. The van der Waals surface area contributed by atoms with Crippen molar-refractivity contribution in [1.82, 2.24) is 9.97 Å². The topological polar surface area (TPSA) is 32.3 Å². The Morgan fingerprint density at radius 3 is 2.11 bits per heavy atom. The predicted molar refractivity (Wildman–Crippen MR) is 118 cm³/mol. The summed E-state index contributed by atoms with van der Waals surface area (Å²) < 4.78 is 2.36. The fourth-order valence-electron chi connectivity index (χ4n) is 3.52. The first-order chi connectivity index (χ1) is 13.1. The summed E-state index contributed by atoms with van der Waals surface area (Å²) in [6.45, 7) is 8.04.